The molecule has 0 bridgehead atoms. The summed E-state index contributed by atoms with van der Waals surface area (Å²) in [5, 5.41) is 8.05. The molecule has 8 nitrogen and oxygen atoms in total. The van der Waals surface area contributed by atoms with Crippen molar-refractivity contribution in [2.75, 3.05) is 21.3 Å². The number of carboxylic acids is 1. The predicted molar refractivity (Wildman–Crippen MR) is 62.2 cm³/mol. The molecule has 0 aromatic rings. The van der Waals surface area contributed by atoms with Crippen LogP contribution in [-0.2, 0) is 33.4 Å². The molecule has 19 heavy (non-hydrogen) atoms. The van der Waals surface area contributed by atoms with Gasteiger partial charge in [0.1, 0.15) is 0 Å². The van der Waals surface area contributed by atoms with Gasteiger partial charge >= 0.3 is 23.9 Å². The van der Waals surface area contributed by atoms with E-state index in [1.54, 1.807) is 0 Å². The first-order valence-electron chi connectivity index (χ1n) is 5.29. The molecule has 0 saturated carbocycles. The lowest BCUT2D eigenvalue weighted by molar-refractivity contribution is -0.147. The van der Waals surface area contributed by atoms with E-state index in [-0.39, 0.29) is 25.7 Å². The Kier molecular flexibility index (Phi) is 12.5. The number of carboxylic acid groups (broad SMARTS) is 1. The van der Waals surface area contributed by atoms with Crippen molar-refractivity contribution in [1.29, 1.82) is 0 Å². The third kappa shape index (κ3) is 15.9. The fourth-order valence-electron chi connectivity index (χ4n) is 0.719. The highest BCUT2D eigenvalue weighted by Gasteiger charge is 2.05. The topological polar surface area (TPSA) is 116 Å². The maximum absolute atomic E-state index is 10.4. The first kappa shape index (κ1) is 19.2. The van der Waals surface area contributed by atoms with E-state index in [9.17, 15) is 19.2 Å². The quantitative estimate of drug-likeness (QED) is 0.538. The van der Waals surface area contributed by atoms with Crippen molar-refractivity contribution < 1.29 is 38.5 Å². The van der Waals surface area contributed by atoms with Crippen molar-refractivity contribution in [2.45, 2.75) is 25.7 Å². The first-order valence-corrected chi connectivity index (χ1v) is 5.29. The van der Waals surface area contributed by atoms with Gasteiger partial charge in [0.25, 0.3) is 0 Å². The maximum atomic E-state index is 10.4. The number of rotatable bonds is 6. The largest absolute Gasteiger partial charge is 0.481 e. The van der Waals surface area contributed by atoms with E-state index < -0.39 is 23.9 Å². The van der Waals surface area contributed by atoms with E-state index in [0.717, 1.165) is 0 Å². The summed E-state index contributed by atoms with van der Waals surface area (Å²) in [6.45, 7) is 0. The average Bonchev–Trinajstić information content (AvgIpc) is 2.41. The maximum Gasteiger partial charge on any atom is 0.306 e. The summed E-state index contributed by atoms with van der Waals surface area (Å²) in [6.07, 6.45) is -0.0369. The molecule has 110 valence electrons. The van der Waals surface area contributed by atoms with Gasteiger partial charge in [-0.25, -0.2) is 0 Å². The number of carbonyl (C=O) groups excluding carboxylic acids is 3. The van der Waals surface area contributed by atoms with Crippen molar-refractivity contribution in [2.24, 2.45) is 0 Å². The van der Waals surface area contributed by atoms with Gasteiger partial charge in [-0.05, 0) is 0 Å². The molecule has 0 aromatic carbocycles. The Balaban J connectivity index is 0. The van der Waals surface area contributed by atoms with Crippen molar-refractivity contribution >= 4 is 23.9 Å². The summed E-state index contributed by atoms with van der Waals surface area (Å²) in [5.74, 6) is -2.27. The van der Waals surface area contributed by atoms with Crippen LogP contribution in [-0.4, -0.2) is 50.3 Å². The molecule has 0 atom stereocenters. The monoisotopic (exact) mass is 278 g/mol. The summed E-state index contributed by atoms with van der Waals surface area (Å²) in [5.41, 5.74) is 0. The predicted octanol–water partition coefficient (Wildman–Crippen LogP) is 0.137. The van der Waals surface area contributed by atoms with Crippen molar-refractivity contribution in [3.8, 4) is 0 Å². The number of carbonyl (C=O) groups is 4. The van der Waals surface area contributed by atoms with Gasteiger partial charge in [0.05, 0.1) is 47.0 Å². The van der Waals surface area contributed by atoms with Crippen LogP contribution in [0.1, 0.15) is 25.7 Å². The fraction of sp³-hybridized carbons (Fsp3) is 0.636. The summed E-state index contributed by atoms with van der Waals surface area (Å²) < 4.78 is 12.8. The third-order valence-corrected chi connectivity index (χ3v) is 1.76. The molecule has 0 aliphatic carbocycles. The number of methoxy groups -OCH3 is 3. The van der Waals surface area contributed by atoms with E-state index in [2.05, 4.69) is 14.2 Å². The van der Waals surface area contributed by atoms with Crippen LogP contribution in [0.2, 0.25) is 0 Å². The van der Waals surface area contributed by atoms with Gasteiger partial charge < -0.3 is 19.3 Å². The number of ether oxygens (including phenoxy) is 3. The van der Waals surface area contributed by atoms with Gasteiger partial charge in [0.2, 0.25) is 0 Å². The zero-order chi connectivity index (χ0) is 15.3. The van der Waals surface area contributed by atoms with Crippen LogP contribution in [0, 0.1) is 0 Å². The van der Waals surface area contributed by atoms with E-state index in [4.69, 9.17) is 5.11 Å². The molecular weight excluding hydrogens is 260 g/mol. The Morgan fingerprint density at radius 2 is 0.947 bits per heavy atom. The zero-order valence-corrected chi connectivity index (χ0v) is 11.1. The molecule has 8 heteroatoms. The smallest absolute Gasteiger partial charge is 0.306 e. The molecule has 0 amide bonds. The molecule has 0 unspecified atom stereocenters. The average molecular weight is 278 g/mol. The number of hydrogen-bond acceptors (Lipinski definition) is 7. The second-order valence-electron chi connectivity index (χ2n) is 3.12. The van der Waals surface area contributed by atoms with Crippen LogP contribution in [0.25, 0.3) is 0 Å². The van der Waals surface area contributed by atoms with E-state index in [1.807, 2.05) is 0 Å². The zero-order valence-electron chi connectivity index (χ0n) is 11.1. The minimum atomic E-state index is -0.986. The number of aliphatic carboxylic acids is 1. The standard InChI is InChI=1S/C6H10O4.C5H8O4/c1-9-5(7)3-4-6(8)10-2;1-9-5(8)3-2-4(6)7/h3-4H2,1-2H3;2-3H2,1H3,(H,6,7). The Bertz CT molecular complexity index is 294. The summed E-state index contributed by atoms with van der Waals surface area (Å²) >= 11 is 0. The van der Waals surface area contributed by atoms with E-state index in [0.29, 0.717) is 0 Å². The summed E-state index contributed by atoms with van der Waals surface area (Å²) in [6, 6.07) is 0. The summed E-state index contributed by atoms with van der Waals surface area (Å²) in [4.78, 5) is 40.8. The lowest BCUT2D eigenvalue weighted by Gasteiger charge is -1.96. The first-order chi connectivity index (χ1) is 8.87. The van der Waals surface area contributed by atoms with Gasteiger partial charge in [0, 0.05) is 0 Å². The summed E-state index contributed by atoms with van der Waals surface area (Å²) in [7, 11) is 3.78. The molecule has 0 aliphatic heterocycles. The number of esters is 3. The minimum absolute atomic E-state index is 0.0498. The number of hydrogen-bond donors (Lipinski definition) is 1. The minimum Gasteiger partial charge on any atom is -0.481 e. The van der Waals surface area contributed by atoms with Gasteiger partial charge in [-0.15, -0.1) is 0 Å². The molecule has 0 radical (unpaired) electrons. The Labute approximate surface area is 110 Å². The third-order valence-electron chi connectivity index (χ3n) is 1.76. The van der Waals surface area contributed by atoms with Crippen LogP contribution in [0.3, 0.4) is 0 Å². The van der Waals surface area contributed by atoms with Crippen LogP contribution in [0.4, 0.5) is 0 Å². The van der Waals surface area contributed by atoms with Crippen LogP contribution in [0.15, 0.2) is 0 Å². The molecular formula is C11H18O8. The van der Waals surface area contributed by atoms with Gasteiger partial charge in [-0.2, -0.15) is 0 Å². The fourth-order valence-corrected chi connectivity index (χ4v) is 0.719. The highest BCUT2D eigenvalue weighted by molar-refractivity contribution is 5.77. The molecule has 0 fully saturated rings. The molecule has 0 aliphatic rings. The van der Waals surface area contributed by atoms with Crippen molar-refractivity contribution in [1.82, 2.24) is 0 Å². The van der Waals surface area contributed by atoms with Crippen LogP contribution in [0.5, 0.6) is 0 Å². The van der Waals surface area contributed by atoms with Gasteiger partial charge in [0.15, 0.2) is 0 Å². The highest BCUT2D eigenvalue weighted by atomic mass is 16.5. The lowest BCUT2D eigenvalue weighted by atomic mass is 10.3. The van der Waals surface area contributed by atoms with Gasteiger partial charge in [-0.3, -0.25) is 19.2 Å². The molecule has 1 N–H and O–H groups in total. The van der Waals surface area contributed by atoms with Crippen LogP contribution < -0.4 is 0 Å². The lowest BCUT2D eigenvalue weighted by Crippen LogP contribution is -2.06. The van der Waals surface area contributed by atoms with E-state index in [1.165, 1.54) is 21.3 Å². The molecule has 0 aromatic heterocycles. The second-order valence-corrected chi connectivity index (χ2v) is 3.12. The SMILES string of the molecule is COC(=O)CCC(=O)O.COC(=O)CCC(=O)OC. The Hall–Kier alpha value is -2.12. The Morgan fingerprint density at radius 1 is 0.684 bits per heavy atom. The van der Waals surface area contributed by atoms with Gasteiger partial charge in [-0.1, -0.05) is 0 Å². The molecule has 0 saturated heterocycles. The van der Waals surface area contributed by atoms with E-state index >= 15 is 0 Å². The van der Waals surface area contributed by atoms with Crippen molar-refractivity contribution in [3.63, 3.8) is 0 Å². The molecule has 0 rings (SSSR count). The van der Waals surface area contributed by atoms with Crippen molar-refractivity contribution in [3.05, 3.63) is 0 Å². The highest BCUT2D eigenvalue weighted by Crippen LogP contribution is 1.92. The van der Waals surface area contributed by atoms with Crippen LogP contribution >= 0.6 is 0 Å². The second kappa shape index (κ2) is 12.3. The molecule has 0 spiro atoms. The molecule has 0 heterocycles. The normalized spacial score (nSPS) is 8.58. The Morgan fingerprint density at radius 3 is 1.16 bits per heavy atom.